The molecule has 0 radical (unpaired) electrons. The molecule has 0 aliphatic carbocycles. The number of benzene rings is 1. The van der Waals surface area contributed by atoms with E-state index in [2.05, 4.69) is 18.7 Å². The first kappa shape index (κ1) is 12.6. The molecule has 0 saturated heterocycles. The molecule has 0 spiro atoms. The molecule has 2 aromatic rings. The van der Waals surface area contributed by atoms with Crippen molar-refractivity contribution >= 4 is 16.7 Å². The summed E-state index contributed by atoms with van der Waals surface area (Å²) < 4.78 is 5.19. The summed E-state index contributed by atoms with van der Waals surface area (Å²) in [7, 11) is 0. The first-order valence-corrected chi connectivity index (χ1v) is 6.12. The van der Waals surface area contributed by atoms with E-state index in [9.17, 15) is 9.90 Å². The molecule has 4 heteroatoms. The standard InChI is InChI=1S/C14H17NO3/c1-3-15(4-2)11-5-6-12-10(9-16)7-14(17)18-13(12)8-11/h5-8,16H,3-4,9H2,1-2H3. The summed E-state index contributed by atoms with van der Waals surface area (Å²) in [6.45, 7) is 5.78. The van der Waals surface area contributed by atoms with Crippen LogP contribution in [0.15, 0.2) is 33.5 Å². The van der Waals surface area contributed by atoms with Crippen LogP contribution in [0, 0.1) is 0 Å². The third-order valence-electron chi connectivity index (χ3n) is 3.11. The van der Waals surface area contributed by atoms with Crippen LogP contribution in [0.25, 0.3) is 11.0 Å². The number of anilines is 1. The Morgan fingerprint density at radius 3 is 2.56 bits per heavy atom. The van der Waals surface area contributed by atoms with Gasteiger partial charge in [-0.1, -0.05) is 0 Å². The van der Waals surface area contributed by atoms with Gasteiger partial charge >= 0.3 is 5.63 Å². The van der Waals surface area contributed by atoms with E-state index in [-0.39, 0.29) is 6.61 Å². The minimum absolute atomic E-state index is 0.160. The first-order chi connectivity index (χ1) is 8.69. The van der Waals surface area contributed by atoms with Crippen LogP contribution in [0.5, 0.6) is 0 Å². The van der Waals surface area contributed by atoms with Crippen LogP contribution in [-0.2, 0) is 6.61 Å². The fourth-order valence-electron chi connectivity index (χ4n) is 2.13. The molecule has 0 saturated carbocycles. The van der Waals surface area contributed by atoms with E-state index in [1.165, 1.54) is 6.07 Å². The van der Waals surface area contributed by atoms with Crippen molar-refractivity contribution in [1.29, 1.82) is 0 Å². The third kappa shape index (κ3) is 2.24. The quantitative estimate of drug-likeness (QED) is 0.841. The van der Waals surface area contributed by atoms with Crippen LogP contribution in [0.2, 0.25) is 0 Å². The number of aliphatic hydroxyl groups excluding tert-OH is 1. The van der Waals surface area contributed by atoms with E-state index in [4.69, 9.17) is 4.42 Å². The van der Waals surface area contributed by atoms with Crippen LogP contribution < -0.4 is 10.5 Å². The fraction of sp³-hybridized carbons (Fsp3) is 0.357. The molecular weight excluding hydrogens is 230 g/mol. The molecule has 1 aromatic heterocycles. The molecule has 0 fully saturated rings. The Balaban J connectivity index is 2.61. The first-order valence-electron chi connectivity index (χ1n) is 6.12. The zero-order chi connectivity index (χ0) is 13.1. The minimum Gasteiger partial charge on any atom is -0.423 e. The molecule has 2 rings (SSSR count). The van der Waals surface area contributed by atoms with Gasteiger partial charge in [-0.05, 0) is 31.5 Å². The van der Waals surface area contributed by atoms with Gasteiger partial charge in [-0.15, -0.1) is 0 Å². The van der Waals surface area contributed by atoms with E-state index >= 15 is 0 Å². The second kappa shape index (κ2) is 5.23. The van der Waals surface area contributed by atoms with Crippen molar-refractivity contribution < 1.29 is 9.52 Å². The van der Waals surface area contributed by atoms with Crippen molar-refractivity contribution in [3.63, 3.8) is 0 Å². The van der Waals surface area contributed by atoms with E-state index in [0.29, 0.717) is 11.1 Å². The molecule has 0 aliphatic rings. The number of nitrogens with zero attached hydrogens (tertiary/aromatic N) is 1. The lowest BCUT2D eigenvalue weighted by atomic mass is 10.1. The molecule has 1 aromatic carbocycles. The maximum absolute atomic E-state index is 11.4. The van der Waals surface area contributed by atoms with Crippen molar-refractivity contribution in [1.82, 2.24) is 0 Å². The highest BCUT2D eigenvalue weighted by Crippen LogP contribution is 2.23. The fourth-order valence-corrected chi connectivity index (χ4v) is 2.13. The maximum Gasteiger partial charge on any atom is 0.336 e. The number of hydrogen-bond acceptors (Lipinski definition) is 4. The van der Waals surface area contributed by atoms with E-state index in [1.807, 2.05) is 18.2 Å². The smallest absolute Gasteiger partial charge is 0.336 e. The molecule has 1 N–H and O–H groups in total. The largest absolute Gasteiger partial charge is 0.423 e. The molecule has 0 aliphatic heterocycles. The molecule has 4 nitrogen and oxygen atoms in total. The number of rotatable bonds is 4. The summed E-state index contributed by atoms with van der Waals surface area (Å²) in [6, 6.07) is 7.05. The molecule has 1 heterocycles. The Morgan fingerprint density at radius 1 is 1.22 bits per heavy atom. The molecule has 0 amide bonds. The van der Waals surface area contributed by atoms with Crippen molar-refractivity contribution in [2.75, 3.05) is 18.0 Å². The molecule has 0 atom stereocenters. The topological polar surface area (TPSA) is 53.7 Å². The number of hydrogen-bond donors (Lipinski definition) is 1. The van der Waals surface area contributed by atoms with Crippen molar-refractivity contribution in [3.05, 3.63) is 40.2 Å². The van der Waals surface area contributed by atoms with E-state index in [1.54, 1.807) is 0 Å². The Bertz CT molecular complexity index is 600. The SMILES string of the molecule is CCN(CC)c1ccc2c(CO)cc(=O)oc2c1. The highest BCUT2D eigenvalue weighted by molar-refractivity contribution is 5.83. The average Bonchev–Trinajstić information content (AvgIpc) is 2.38. The van der Waals surface area contributed by atoms with Gasteiger partial charge in [0.1, 0.15) is 5.58 Å². The van der Waals surface area contributed by atoms with Gasteiger partial charge in [-0.2, -0.15) is 0 Å². The number of aliphatic hydroxyl groups is 1. The molecule has 18 heavy (non-hydrogen) atoms. The van der Waals surface area contributed by atoms with Gasteiger partial charge < -0.3 is 14.4 Å². The van der Waals surface area contributed by atoms with Gasteiger partial charge in [0.15, 0.2) is 0 Å². The second-order valence-electron chi connectivity index (χ2n) is 4.10. The van der Waals surface area contributed by atoms with E-state index < -0.39 is 5.63 Å². The lowest BCUT2D eigenvalue weighted by Crippen LogP contribution is -2.21. The lowest BCUT2D eigenvalue weighted by molar-refractivity contribution is 0.282. The lowest BCUT2D eigenvalue weighted by Gasteiger charge is -2.21. The van der Waals surface area contributed by atoms with Crippen LogP contribution in [0.4, 0.5) is 5.69 Å². The molecule has 0 unspecified atom stereocenters. The normalized spacial score (nSPS) is 10.8. The van der Waals surface area contributed by atoms with Crippen LogP contribution in [0.3, 0.4) is 0 Å². The molecule has 96 valence electrons. The van der Waals surface area contributed by atoms with Crippen LogP contribution in [-0.4, -0.2) is 18.2 Å². The summed E-state index contributed by atoms with van der Waals surface area (Å²) in [6.07, 6.45) is 0. The summed E-state index contributed by atoms with van der Waals surface area (Å²) in [5.74, 6) is 0. The predicted octanol–water partition coefficient (Wildman–Crippen LogP) is 2.13. The monoisotopic (exact) mass is 247 g/mol. The summed E-state index contributed by atoms with van der Waals surface area (Å²) >= 11 is 0. The highest BCUT2D eigenvalue weighted by atomic mass is 16.4. The number of fused-ring (bicyclic) bond motifs is 1. The summed E-state index contributed by atoms with van der Waals surface area (Å²) in [5.41, 5.74) is 1.72. The van der Waals surface area contributed by atoms with Crippen LogP contribution >= 0.6 is 0 Å². The van der Waals surface area contributed by atoms with Gasteiger partial charge in [-0.25, -0.2) is 4.79 Å². The van der Waals surface area contributed by atoms with Crippen molar-refractivity contribution in [2.24, 2.45) is 0 Å². The third-order valence-corrected chi connectivity index (χ3v) is 3.11. The average molecular weight is 247 g/mol. The molecular formula is C14H17NO3. The second-order valence-corrected chi connectivity index (χ2v) is 4.10. The van der Waals surface area contributed by atoms with Gasteiger partial charge in [0.05, 0.1) is 6.61 Å². The highest BCUT2D eigenvalue weighted by Gasteiger charge is 2.08. The molecule has 0 bridgehead atoms. The Labute approximate surface area is 105 Å². The zero-order valence-electron chi connectivity index (χ0n) is 10.6. The van der Waals surface area contributed by atoms with Crippen LogP contribution in [0.1, 0.15) is 19.4 Å². The minimum atomic E-state index is -0.428. The van der Waals surface area contributed by atoms with Crippen molar-refractivity contribution in [3.8, 4) is 0 Å². The Kier molecular flexibility index (Phi) is 3.67. The zero-order valence-corrected chi connectivity index (χ0v) is 10.6. The Morgan fingerprint density at radius 2 is 1.94 bits per heavy atom. The van der Waals surface area contributed by atoms with Crippen molar-refractivity contribution in [2.45, 2.75) is 20.5 Å². The summed E-state index contributed by atoms with van der Waals surface area (Å²) in [5, 5.41) is 10.0. The predicted molar refractivity (Wildman–Crippen MR) is 72.0 cm³/mol. The summed E-state index contributed by atoms with van der Waals surface area (Å²) in [4.78, 5) is 13.6. The van der Waals surface area contributed by atoms with Gasteiger partial charge in [-0.3, -0.25) is 0 Å². The maximum atomic E-state index is 11.4. The van der Waals surface area contributed by atoms with Gasteiger partial charge in [0.2, 0.25) is 0 Å². The van der Waals surface area contributed by atoms with Gasteiger partial charge in [0, 0.05) is 36.3 Å². The van der Waals surface area contributed by atoms with Gasteiger partial charge in [0.25, 0.3) is 0 Å². The Hall–Kier alpha value is -1.81. The van der Waals surface area contributed by atoms with E-state index in [0.717, 1.165) is 24.2 Å².